The molecule has 3 rings (SSSR count). The Bertz CT molecular complexity index is 683. The van der Waals surface area contributed by atoms with Crippen molar-refractivity contribution in [3.63, 3.8) is 0 Å². The van der Waals surface area contributed by atoms with Gasteiger partial charge in [0.1, 0.15) is 18.3 Å². The minimum atomic E-state index is -4.21. The number of nitrogens with zero attached hydrogens (tertiary/aromatic N) is 1. The maximum Gasteiger partial charge on any atom is 0.473 e. The number of nitrogens with one attached hydrogen (secondary N) is 1. The molecule has 3 heterocycles. The molecule has 2 aliphatic rings. The number of aromatic amines is 1. The molecule has 10 nitrogen and oxygen atoms in total. The molecule has 1 unspecified atom stereocenters. The van der Waals surface area contributed by atoms with Crippen molar-refractivity contribution in [2.24, 2.45) is 0 Å². The smallest absolute Gasteiger partial charge is 0.366 e. The lowest BCUT2D eigenvalue weighted by Gasteiger charge is -2.16. The van der Waals surface area contributed by atoms with Crippen LogP contribution in [0.1, 0.15) is 0 Å². The highest BCUT2D eigenvalue weighted by Crippen LogP contribution is 2.56. The number of aliphatic hydroxyl groups excluding tert-OH is 1. The zero-order chi connectivity index (χ0) is 14.5. The van der Waals surface area contributed by atoms with Gasteiger partial charge in [-0.1, -0.05) is 0 Å². The van der Waals surface area contributed by atoms with E-state index in [0.29, 0.717) is 0 Å². The number of fused-ring (bicyclic) bond motifs is 1. The third-order valence-corrected chi connectivity index (χ3v) is 4.09. The first-order chi connectivity index (χ1) is 9.35. The maximum atomic E-state index is 11.5. The quantitative estimate of drug-likeness (QED) is 0.540. The van der Waals surface area contributed by atoms with Crippen molar-refractivity contribution in [3.05, 3.63) is 33.1 Å². The van der Waals surface area contributed by atoms with Crippen LogP contribution in [0.15, 0.2) is 21.9 Å². The molecule has 1 aromatic rings. The fourth-order valence-corrected chi connectivity index (χ4v) is 3.35. The van der Waals surface area contributed by atoms with Gasteiger partial charge < -0.3 is 14.7 Å². The van der Waals surface area contributed by atoms with E-state index in [1.54, 1.807) is 0 Å². The van der Waals surface area contributed by atoms with Crippen LogP contribution in [0, 0.1) is 0 Å². The molecule has 110 valence electrons. The van der Waals surface area contributed by atoms with Crippen LogP contribution in [0.4, 0.5) is 0 Å². The molecule has 0 aromatic carbocycles. The highest BCUT2D eigenvalue weighted by Gasteiger charge is 2.56. The second-order valence-corrected chi connectivity index (χ2v) is 5.79. The predicted molar refractivity (Wildman–Crippen MR) is 61.8 cm³/mol. The molecular weight excluding hydrogens is 295 g/mol. The Morgan fingerprint density at radius 2 is 2.05 bits per heavy atom. The van der Waals surface area contributed by atoms with Crippen molar-refractivity contribution >= 4 is 7.82 Å². The number of rotatable bonds is 2. The molecule has 0 radical (unpaired) electrons. The predicted octanol–water partition coefficient (Wildman–Crippen LogP) is -1.86. The Balaban J connectivity index is 1.83. The van der Waals surface area contributed by atoms with E-state index >= 15 is 0 Å². The van der Waals surface area contributed by atoms with Crippen LogP contribution in [-0.2, 0) is 24.9 Å². The lowest BCUT2D eigenvalue weighted by Crippen LogP contribution is -2.37. The van der Waals surface area contributed by atoms with Crippen molar-refractivity contribution in [1.82, 2.24) is 9.55 Å². The summed E-state index contributed by atoms with van der Waals surface area (Å²) in [5, 5.41) is 9.59. The second kappa shape index (κ2) is 4.62. The lowest BCUT2D eigenvalue weighted by atomic mass is 10.1. The molecule has 0 amide bonds. The van der Waals surface area contributed by atoms with Gasteiger partial charge >= 0.3 is 13.5 Å². The normalized spacial score (nSPS) is 39.9. The zero-order valence-corrected chi connectivity index (χ0v) is 10.8. The number of phosphoric acid groups is 1. The fourth-order valence-electron chi connectivity index (χ4n) is 2.21. The van der Waals surface area contributed by atoms with E-state index in [9.17, 15) is 24.2 Å². The van der Waals surface area contributed by atoms with Gasteiger partial charge in [-0.3, -0.25) is 23.4 Å². The first-order valence-corrected chi connectivity index (χ1v) is 7.18. The summed E-state index contributed by atoms with van der Waals surface area (Å²) in [6.45, 7) is -0.0722. The van der Waals surface area contributed by atoms with Gasteiger partial charge in [-0.05, 0) is 0 Å². The topological polar surface area (TPSA) is 140 Å². The molecule has 2 saturated heterocycles. The Hall–Kier alpha value is -1.29. The van der Waals surface area contributed by atoms with Gasteiger partial charge in [0.15, 0.2) is 6.29 Å². The van der Waals surface area contributed by atoms with Crippen molar-refractivity contribution in [2.45, 2.75) is 31.1 Å². The van der Waals surface area contributed by atoms with E-state index in [1.807, 2.05) is 0 Å². The second-order valence-electron chi connectivity index (χ2n) is 4.44. The van der Waals surface area contributed by atoms with E-state index in [2.05, 4.69) is 9.51 Å². The Morgan fingerprint density at radius 3 is 2.75 bits per heavy atom. The van der Waals surface area contributed by atoms with E-state index in [1.165, 1.54) is 6.20 Å². The first kappa shape index (κ1) is 13.7. The Kier molecular flexibility index (Phi) is 3.16. The molecule has 11 heteroatoms. The lowest BCUT2D eigenvalue weighted by molar-refractivity contribution is -0.128. The molecule has 0 aliphatic carbocycles. The standard InChI is InChI=1S/C9H11N2O8P/c12-5-1-2-11(9(14)10-5)3-4-6-7(8(13)17-4)19-20(15,16)18-6/h1-2,4,6-8,13H,3H2,(H,15,16)(H,10,12,14)/t4-,6-,7-,8-/m1/s1. The van der Waals surface area contributed by atoms with Crippen LogP contribution in [0.5, 0.6) is 0 Å². The highest BCUT2D eigenvalue weighted by atomic mass is 31.2. The highest BCUT2D eigenvalue weighted by molar-refractivity contribution is 7.47. The van der Waals surface area contributed by atoms with Crippen LogP contribution in [-0.4, -0.2) is 44.2 Å². The molecule has 0 spiro atoms. The van der Waals surface area contributed by atoms with Gasteiger partial charge in [0.25, 0.3) is 5.56 Å². The van der Waals surface area contributed by atoms with E-state index < -0.39 is 43.7 Å². The summed E-state index contributed by atoms with van der Waals surface area (Å²) in [4.78, 5) is 33.8. The number of aliphatic hydroxyl groups is 1. The van der Waals surface area contributed by atoms with Gasteiger partial charge in [-0.2, -0.15) is 0 Å². The van der Waals surface area contributed by atoms with Crippen molar-refractivity contribution in [1.29, 1.82) is 0 Å². The first-order valence-electron chi connectivity index (χ1n) is 5.69. The van der Waals surface area contributed by atoms with Gasteiger partial charge in [-0.25, -0.2) is 9.36 Å². The maximum absolute atomic E-state index is 11.5. The Morgan fingerprint density at radius 1 is 1.35 bits per heavy atom. The van der Waals surface area contributed by atoms with Crippen molar-refractivity contribution in [3.8, 4) is 0 Å². The Labute approximate surface area is 111 Å². The number of H-pyrrole nitrogens is 1. The van der Waals surface area contributed by atoms with Crippen LogP contribution in [0.25, 0.3) is 0 Å². The van der Waals surface area contributed by atoms with Gasteiger partial charge in [0.05, 0.1) is 6.54 Å². The largest absolute Gasteiger partial charge is 0.473 e. The summed E-state index contributed by atoms with van der Waals surface area (Å²) in [7, 11) is -4.21. The third-order valence-electron chi connectivity index (χ3n) is 3.07. The van der Waals surface area contributed by atoms with E-state index in [0.717, 1.165) is 10.6 Å². The van der Waals surface area contributed by atoms with Gasteiger partial charge in [-0.15, -0.1) is 0 Å². The molecule has 0 saturated carbocycles. The number of aromatic nitrogens is 2. The molecule has 2 aliphatic heterocycles. The van der Waals surface area contributed by atoms with Crippen LogP contribution >= 0.6 is 7.82 Å². The number of ether oxygens (including phenoxy) is 1. The van der Waals surface area contributed by atoms with E-state index in [-0.39, 0.29) is 6.54 Å². The number of hydrogen-bond donors (Lipinski definition) is 3. The SMILES string of the molecule is O=c1ccn(C[C@H]2O[C@@H](O)[C@@H]3OP(=O)(O)O[C@@H]32)c(=O)[nH]1. The average molecular weight is 306 g/mol. The van der Waals surface area contributed by atoms with Crippen molar-refractivity contribution in [2.75, 3.05) is 0 Å². The molecule has 0 bridgehead atoms. The molecular formula is C9H11N2O8P. The summed E-state index contributed by atoms with van der Waals surface area (Å²) in [5.74, 6) is 0. The molecule has 2 fully saturated rings. The monoisotopic (exact) mass is 306 g/mol. The van der Waals surface area contributed by atoms with Crippen LogP contribution < -0.4 is 11.2 Å². The molecule has 1 aromatic heterocycles. The number of phosphoric ester groups is 1. The van der Waals surface area contributed by atoms with Crippen LogP contribution in [0.2, 0.25) is 0 Å². The van der Waals surface area contributed by atoms with Gasteiger partial charge in [0, 0.05) is 12.3 Å². The molecule has 20 heavy (non-hydrogen) atoms. The van der Waals surface area contributed by atoms with Crippen molar-refractivity contribution < 1.29 is 28.3 Å². The summed E-state index contributed by atoms with van der Waals surface area (Å²) < 4.78 is 27.1. The molecule has 3 N–H and O–H groups in total. The third kappa shape index (κ3) is 2.37. The van der Waals surface area contributed by atoms with E-state index in [4.69, 9.17) is 9.26 Å². The molecule has 5 atom stereocenters. The average Bonchev–Trinajstić information content (AvgIpc) is 2.79. The summed E-state index contributed by atoms with van der Waals surface area (Å²) in [6, 6.07) is 1.15. The summed E-state index contributed by atoms with van der Waals surface area (Å²) >= 11 is 0. The van der Waals surface area contributed by atoms with Gasteiger partial charge in [0.2, 0.25) is 0 Å². The fraction of sp³-hybridized carbons (Fsp3) is 0.556. The van der Waals surface area contributed by atoms with Crippen LogP contribution in [0.3, 0.4) is 0 Å². The minimum Gasteiger partial charge on any atom is -0.366 e. The number of hydrogen-bond acceptors (Lipinski definition) is 7. The minimum absolute atomic E-state index is 0.0722. The summed E-state index contributed by atoms with van der Waals surface area (Å²) in [6.07, 6.45) is -3.10. The zero-order valence-electron chi connectivity index (χ0n) is 9.91. The summed E-state index contributed by atoms with van der Waals surface area (Å²) in [5.41, 5.74) is -1.21.